The second kappa shape index (κ2) is 9.87. The maximum absolute atomic E-state index is 12.2. The Kier molecular flexibility index (Phi) is 7.28. The Labute approximate surface area is 171 Å². The van der Waals surface area contributed by atoms with Gasteiger partial charge in [-0.15, -0.1) is 0 Å². The van der Waals surface area contributed by atoms with E-state index in [-0.39, 0.29) is 22.9 Å². The Bertz CT molecular complexity index is 991. The summed E-state index contributed by atoms with van der Waals surface area (Å²) < 4.78 is 10.1. The first-order chi connectivity index (χ1) is 14.2. The normalized spacial score (nSPS) is 9.97. The van der Waals surface area contributed by atoms with Crippen molar-refractivity contribution in [1.82, 2.24) is 5.32 Å². The lowest BCUT2D eigenvalue weighted by atomic mass is 10.1. The van der Waals surface area contributed by atoms with Crippen LogP contribution in [0.1, 0.15) is 17.3 Å². The highest BCUT2D eigenvalue weighted by atomic mass is 16.6. The van der Waals surface area contributed by atoms with E-state index in [0.29, 0.717) is 17.1 Å². The highest BCUT2D eigenvalue weighted by Crippen LogP contribution is 2.28. The predicted octanol–water partition coefficient (Wildman–Crippen LogP) is 1.94. The number of carbonyl (C=O) groups is 3. The van der Waals surface area contributed by atoms with E-state index in [1.54, 1.807) is 12.1 Å². The van der Waals surface area contributed by atoms with Gasteiger partial charge in [0.2, 0.25) is 11.8 Å². The number of carbonyl (C=O) groups excluding carboxylic acids is 3. The molecule has 3 amide bonds. The van der Waals surface area contributed by atoms with Crippen LogP contribution in [0.2, 0.25) is 0 Å². The zero-order chi connectivity index (χ0) is 22.3. The van der Waals surface area contributed by atoms with Crippen LogP contribution >= 0.6 is 0 Å². The van der Waals surface area contributed by atoms with Crippen molar-refractivity contribution in [1.29, 1.82) is 0 Å². The Balaban J connectivity index is 2.06. The molecule has 0 bridgehead atoms. The number of nitro groups is 1. The van der Waals surface area contributed by atoms with Crippen LogP contribution in [0, 0.1) is 10.1 Å². The lowest BCUT2D eigenvalue weighted by molar-refractivity contribution is -0.385. The summed E-state index contributed by atoms with van der Waals surface area (Å²) in [5, 5.41) is 18.6. The first-order valence-corrected chi connectivity index (χ1v) is 8.61. The molecule has 0 saturated carbocycles. The number of methoxy groups -OCH3 is 2. The fourth-order valence-corrected chi connectivity index (χ4v) is 2.52. The molecule has 3 N–H and O–H groups in total. The SMILES string of the molecule is COc1ccc(NC(C)=O)cc1NC(=O)CNC(=O)c1ccc(OC)c([N+](=O)[O-])c1. The van der Waals surface area contributed by atoms with Crippen molar-refractivity contribution in [2.45, 2.75) is 6.92 Å². The van der Waals surface area contributed by atoms with Crippen LogP contribution in [0.3, 0.4) is 0 Å². The van der Waals surface area contributed by atoms with Crippen LogP contribution in [0.15, 0.2) is 36.4 Å². The third-order valence-corrected chi connectivity index (χ3v) is 3.84. The van der Waals surface area contributed by atoms with Crippen molar-refractivity contribution in [3.8, 4) is 11.5 Å². The number of nitrogens with zero attached hydrogens (tertiary/aromatic N) is 1. The van der Waals surface area contributed by atoms with E-state index in [1.165, 1.54) is 39.3 Å². The topological polar surface area (TPSA) is 149 Å². The largest absolute Gasteiger partial charge is 0.495 e. The molecule has 11 heteroatoms. The molecular weight excluding hydrogens is 396 g/mol. The number of hydrogen-bond acceptors (Lipinski definition) is 7. The van der Waals surface area contributed by atoms with Crippen molar-refractivity contribution >= 4 is 34.8 Å². The number of rotatable bonds is 8. The summed E-state index contributed by atoms with van der Waals surface area (Å²) in [5.41, 5.74) is 0.380. The highest BCUT2D eigenvalue weighted by molar-refractivity contribution is 6.00. The van der Waals surface area contributed by atoms with Gasteiger partial charge in [-0.25, -0.2) is 0 Å². The number of ether oxygens (including phenoxy) is 2. The van der Waals surface area contributed by atoms with Gasteiger partial charge >= 0.3 is 5.69 Å². The second-order valence-corrected chi connectivity index (χ2v) is 5.97. The monoisotopic (exact) mass is 416 g/mol. The van der Waals surface area contributed by atoms with Gasteiger partial charge in [0.05, 0.1) is 31.4 Å². The highest BCUT2D eigenvalue weighted by Gasteiger charge is 2.19. The molecule has 2 aromatic carbocycles. The van der Waals surface area contributed by atoms with E-state index in [4.69, 9.17) is 9.47 Å². The summed E-state index contributed by atoms with van der Waals surface area (Å²) in [6.07, 6.45) is 0. The van der Waals surface area contributed by atoms with Crippen LogP contribution in [-0.4, -0.2) is 43.4 Å². The number of anilines is 2. The van der Waals surface area contributed by atoms with Crippen molar-refractivity contribution in [3.63, 3.8) is 0 Å². The summed E-state index contributed by atoms with van der Waals surface area (Å²) in [5.74, 6) is -1.15. The summed E-state index contributed by atoms with van der Waals surface area (Å²) in [6.45, 7) is 0.952. The molecule has 0 heterocycles. The average molecular weight is 416 g/mol. The standard InChI is InChI=1S/C19H20N4O7/c1-11(24)21-13-5-7-16(29-2)14(9-13)22-18(25)10-20-19(26)12-4-6-17(30-3)15(8-12)23(27)28/h4-9H,10H2,1-3H3,(H,20,26)(H,21,24)(H,22,25). The van der Waals surface area contributed by atoms with Crippen molar-refractivity contribution in [2.24, 2.45) is 0 Å². The van der Waals surface area contributed by atoms with Crippen LogP contribution in [-0.2, 0) is 9.59 Å². The molecular formula is C19H20N4O7. The summed E-state index contributed by atoms with van der Waals surface area (Å²) >= 11 is 0. The van der Waals surface area contributed by atoms with E-state index in [2.05, 4.69) is 16.0 Å². The fourth-order valence-electron chi connectivity index (χ4n) is 2.52. The number of benzene rings is 2. The molecule has 0 unspecified atom stereocenters. The zero-order valence-corrected chi connectivity index (χ0v) is 16.5. The number of nitrogens with one attached hydrogen (secondary N) is 3. The molecule has 0 aliphatic carbocycles. The minimum absolute atomic E-state index is 0.000496. The Morgan fingerprint density at radius 3 is 2.27 bits per heavy atom. The van der Waals surface area contributed by atoms with Crippen molar-refractivity contribution in [2.75, 3.05) is 31.4 Å². The lowest BCUT2D eigenvalue weighted by Gasteiger charge is -2.13. The molecule has 0 fully saturated rings. The van der Waals surface area contributed by atoms with Crippen LogP contribution < -0.4 is 25.4 Å². The first-order valence-electron chi connectivity index (χ1n) is 8.61. The molecule has 0 radical (unpaired) electrons. The van der Waals surface area contributed by atoms with Crippen LogP contribution in [0.4, 0.5) is 17.1 Å². The maximum atomic E-state index is 12.2. The Morgan fingerprint density at radius 2 is 1.67 bits per heavy atom. The molecule has 0 spiro atoms. The van der Waals surface area contributed by atoms with Crippen LogP contribution in [0.5, 0.6) is 11.5 Å². The smallest absolute Gasteiger partial charge is 0.311 e. The molecule has 2 aromatic rings. The molecule has 0 saturated heterocycles. The van der Waals surface area contributed by atoms with Gasteiger partial charge in [-0.1, -0.05) is 0 Å². The van der Waals surface area contributed by atoms with Gasteiger partial charge in [0.15, 0.2) is 5.75 Å². The molecule has 158 valence electrons. The van der Waals surface area contributed by atoms with E-state index >= 15 is 0 Å². The molecule has 0 aromatic heterocycles. The van der Waals surface area contributed by atoms with Gasteiger partial charge in [0.1, 0.15) is 5.75 Å². The van der Waals surface area contributed by atoms with Crippen molar-refractivity contribution in [3.05, 3.63) is 52.1 Å². The molecule has 0 atom stereocenters. The van der Waals surface area contributed by atoms with E-state index < -0.39 is 23.3 Å². The summed E-state index contributed by atoms with van der Waals surface area (Å²) in [4.78, 5) is 46.1. The zero-order valence-electron chi connectivity index (χ0n) is 16.5. The van der Waals surface area contributed by atoms with E-state index in [9.17, 15) is 24.5 Å². The van der Waals surface area contributed by atoms with Crippen molar-refractivity contribution < 1.29 is 28.8 Å². The molecule has 11 nitrogen and oxygen atoms in total. The van der Waals surface area contributed by atoms with Gasteiger partial charge < -0.3 is 25.4 Å². The molecule has 2 rings (SSSR count). The maximum Gasteiger partial charge on any atom is 0.311 e. The second-order valence-electron chi connectivity index (χ2n) is 5.97. The number of nitro benzene ring substituents is 1. The van der Waals surface area contributed by atoms with Gasteiger partial charge in [-0.05, 0) is 30.3 Å². The molecule has 0 aliphatic heterocycles. The summed E-state index contributed by atoms with van der Waals surface area (Å²) in [7, 11) is 2.70. The van der Waals surface area contributed by atoms with Gasteiger partial charge in [-0.3, -0.25) is 24.5 Å². The minimum atomic E-state index is -0.671. The lowest BCUT2D eigenvalue weighted by Crippen LogP contribution is -2.33. The van der Waals surface area contributed by atoms with Crippen LogP contribution in [0.25, 0.3) is 0 Å². The van der Waals surface area contributed by atoms with Gasteiger partial charge in [0.25, 0.3) is 5.91 Å². The van der Waals surface area contributed by atoms with Gasteiger partial charge in [0, 0.05) is 24.2 Å². The van der Waals surface area contributed by atoms with E-state index in [1.807, 2.05) is 0 Å². The molecule has 0 aliphatic rings. The molecule has 30 heavy (non-hydrogen) atoms. The Hall–Kier alpha value is -4.15. The summed E-state index contributed by atoms with van der Waals surface area (Å²) in [6, 6.07) is 8.38. The number of amides is 3. The first kappa shape index (κ1) is 22.1. The quantitative estimate of drug-likeness (QED) is 0.440. The fraction of sp³-hybridized carbons (Fsp3) is 0.211. The third-order valence-electron chi connectivity index (χ3n) is 3.84. The van der Waals surface area contributed by atoms with E-state index in [0.717, 1.165) is 6.07 Å². The predicted molar refractivity (Wildman–Crippen MR) is 108 cm³/mol. The third kappa shape index (κ3) is 5.67. The Morgan fingerprint density at radius 1 is 1.00 bits per heavy atom. The average Bonchev–Trinajstić information content (AvgIpc) is 2.71. The number of hydrogen-bond donors (Lipinski definition) is 3. The minimum Gasteiger partial charge on any atom is -0.495 e. The van der Waals surface area contributed by atoms with Gasteiger partial charge in [-0.2, -0.15) is 0 Å².